The van der Waals surface area contributed by atoms with Gasteiger partial charge in [0.05, 0.1) is 19.8 Å². The van der Waals surface area contributed by atoms with Crippen molar-refractivity contribution in [2.75, 3.05) is 26.9 Å². The van der Waals surface area contributed by atoms with Crippen molar-refractivity contribution in [3.8, 4) is 11.5 Å². The Hall–Kier alpha value is -0.970. The predicted octanol–water partition coefficient (Wildman–Crippen LogP) is 3.41. The third-order valence-corrected chi connectivity index (χ3v) is 3.81. The van der Waals surface area contributed by atoms with E-state index in [1.54, 1.807) is 13.2 Å². The van der Waals surface area contributed by atoms with Crippen molar-refractivity contribution in [1.82, 2.24) is 5.32 Å². The zero-order valence-corrected chi connectivity index (χ0v) is 13.5. The third-order valence-electron chi connectivity index (χ3n) is 3.59. The van der Waals surface area contributed by atoms with E-state index in [-0.39, 0.29) is 0 Å². The first-order valence-electron chi connectivity index (χ1n) is 7.56. The summed E-state index contributed by atoms with van der Waals surface area (Å²) in [5.74, 6) is 1.46. The van der Waals surface area contributed by atoms with Gasteiger partial charge in [-0.3, -0.25) is 0 Å². The summed E-state index contributed by atoms with van der Waals surface area (Å²) in [4.78, 5) is 0. The van der Waals surface area contributed by atoms with Crippen LogP contribution < -0.4 is 14.8 Å². The van der Waals surface area contributed by atoms with E-state index >= 15 is 0 Å². The Balaban J connectivity index is 2.03. The molecule has 1 aromatic rings. The minimum absolute atomic E-state index is 0.334. The van der Waals surface area contributed by atoms with Crippen molar-refractivity contribution in [2.45, 2.75) is 38.8 Å². The Morgan fingerprint density at radius 3 is 2.95 bits per heavy atom. The summed E-state index contributed by atoms with van der Waals surface area (Å²) in [5.41, 5.74) is 1.02. The first-order chi connectivity index (χ1) is 10.2. The lowest BCUT2D eigenvalue weighted by Gasteiger charge is -2.17. The fourth-order valence-corrected chi connectivity index (χ4v) is 2.72. The number of benzene rings is 1. The molecule has 1 atom stereocenters. The highest BCUT2D eigenvalue weighted by Gasteiger charge is 2.17. The maximum atomic E-state index is 6.13. The van der Waals surface area contributed by atoms with Gasteiger partial charge in [0.2, 0.25) is 0 Å². The smallest absolute Gasteiger partial charge is 0.165 e. The monoisotopic (exact) mass is 313 g/mol. The second-order valence-corrected chi connectivity index (χ2v) is 5.59. The van der Waals surface area contributed by atoms with Crippen LogP contribution in [-0.4, -0.2) is 33.0 Å². The van der Waals surface area contributed by atoms with Gasteiger partial charge in [-0.05, 0) is 25.5 Å². The van der Waals surface area contributed by atoms with Gasteiger partial charge >= 0.3 is 0 Å². The number of methoxy groups -OCH3 is 1. The number of hydrogen-bond acceptors (Lipinski definition) is 4. The van der Waals surface area contributed by atoms with Gasteiger partial charge in [-0.2, -0.15) is 0 Å². The normalized spacial score (nSPS) is 18.0. The average molecular weight is 314 g/mol. The van der Waals surface area contributed by atoms with Crippen LogP contribution in [0, 0.1) is 0 Å². The fraction of sp³-hybridized carbons (Fsp3) is 0.625. The molecule has 1 fully saturated rings. The average Bonchev–Trinajstić information content (AvgIpc) is 2.99. The topological polar surface area (TPSA) is 39.7 Å². The number of nitrogens with one attached hydrogen (secondary N) is 1. The molecule has 0 saturated carbocycles. The Morgan fingerprint density at radius 1 is 1.43 bits per heavy atom. The van der Waals surface area contributed by atoms with Gasteiger partial charge in [0.15, 0.2) is 11.5 Å². The molecule has 1 heterocycles. The molecule has 0 radical (unpaired) electrons. The van der Waals surface area contributed by atoms with Crippen LogP contribution in [0.1, 0.15) is 31.7 Å². The van der Waals surface area contributed by atoms with Crippen molar-refractivity contribution in [3.63, 3.8) is 0 Å². The molecular weight excluding hydrogens is 290 g/mol. The first kappa shape index (κ1) is 16.4. The lowest BCUT2D eigenvalue weighted by molar-refractivity contribution is 0.0897. The minimum atomic E-state index is 0.334. The van der Waals surface area contributed by atoms with Crippen LogP contribution in [0.25, 0.3) is 0 Å². The Labute approximate surface area is 131 Å². The summed E-state index contributed by atoms with van der Waals surface area (Å²) in [6.45, 7) is 5.18. The highest BCUT2D eigenvalue weighted by atomic mass is 35.5. The van der Waals surface area contributed by atoms with E-state index in [0.717, 1.165) is 43.7 Å². The zero-order chi connectivity index (χ0) is 15.1. The van der Waals surface area contributed by atoms with Crippen LogP contribution >= 0.6 is 11.6 Å². The van der Waals surface area contributed by atoms with E-state index in [2.05, 4.69) is 12.2 Å². The van der Waals surface area contributed by atoms with Crippen LogP contribution in [0.5, 0.6) is 11.5 Å². The summed E-state index contributed by atoms with van der Waals surface area (Å²) >= 11 is 6.13. The van der Waals surface area contributed by atoms with Gasteiger partial charge in [0.1, 0.15) is 0 Å². The lowest BCUT2D eigenvalue weighted by atomic mass is 10.1. The third kappa shape index (κ3) is 4.77. The molecule has 118 valence electrons. The van der Waals surface area contributed by atoms with Crippen molar-refractivity contribution in [3.05, 3.63) is 22.7 Å². The SMILES string of the molecule is CCNCc1cc(Cl)cc(OC)c1OCCC1CCCO1. The molecule has 1 N–H and O–H groups in total. The molecule has 1 unspecified atom stereocenters. The van der Waals surface area contributed by atoms with Crippen LogP contribution in [0.4, 0.5) is 0 Å². The molecule has 1 aromatic carbocycles. The van der Waals surface area contributed by atoms with Crippen molar-refractivity contribution < 1.29 is 14.2 Å². The molecule has 0 amide bonds. The van der Waals surface area contributed by atoms with Gasteiger partial charge in [0, 0.05) is 36.2 Å². The predicted molar refractivity (Wildman–Crippen MR) is 84.5 cm³/mol. The highest BCUT2D eigenvalue weighted by molar-refractivity contribution is 6.30. The van der Waals surface area contributed by atoms with E-state index in [9.17, 15) is 0 Å². The van der Waals surface area contributed by atoms with Crippen LogP contribution in [-0.2, 0) is 11.3 Å². The van der Waals surface area contributed by atoms with Crippen molar-refractivity contribution in [1.29, 1.82) is 0 Å². The van der Waals surface area contributed by atoms with E-state index in [1.807, 2.05) is 6.07 Å². The zero-order valence-electron chi connectivity index (χ0n) is 12.8. The second-order valence-electron chi connectivity index (χ2n) is 5.15. The van der Waals surface area contributed by atoms with E-state index in [0.29, 0.717) is 30.0 Å². The Bertz CT molecular complexity index is 447. The second kappa shape index (κ2) is 8.47. The largest absolute Gasteiger partial charge is 0.493 e. The molecule has 1 saturated heterocycles. The lowest BCUT2D eigenvalue weighted by Crippen LogP contribution is -2.15. The molecular formula is C16H24ClNO3. The molecule has 5 heteroatoms. The van der Waals surface area contributed by atoms with Crippen LogP contribution in [0.2, 0.25) is 5.02 Å². The van der Waals surface area contributed by atoms with Gasteiger partial charge in [-0.15, -0.1) is 0 Å². The number of halogens is 1. The van der Waals surface area contributed by atoms with Gasteiger partial charge in [0.25, 0.3) is 0 Å². The Kier molecular flexibility index (Phi) is 6.61. The molecule has 21 heavy (non-hydrogen) atoms. The van der Waals surface area contributed by atoms with Crippen molar-refractivity contribution in [2.24, 2.45) is 0 Å². The molecule has 2 rings (SSSR count). The molecule has 1 aliphatic rings. The molecule has 0 spiro atoms. The molecule has 0 bridgehead atoms. The fourth-order valence-electron chi connectivity index (χ4n) is 2.49. The summed E-state index contributed by atoms with van der Waals surface area (Å²) in [7, 11) is 1.63. The van der Waals surface area contributed by atoms with Crippen LogP contribution in [0.3, 0.4) is 0 Å². The summed E-state index contributed by atoms with van der Waals surface area (Å²) < 4.78 is 17.0. The standard InChI is InChI=1S/C16H24ClNO3/c1-3-18-11-12-9-13(17)10-15(19-2)16(12)21-8-6-14-5-4-7-20-14/h9-10,14,18H,3-8,11H2,1-2H3. The van der Waals surface area contributed by atoms with Gasteiger partial charge in [-0.1, -0.05) is 18.5 Å². The molecule has 0 aromatic heterocycles. The van der Waals surface area contributed by atoms with E-state index < -0.39 is 0 Å². The highest BCUT2D eigenvalue weighted by Crippen LogP contribution is 2.35. The Morgan fingerprint density at radius 2 is 2.29 bits per heavy atom. The molecule has 0 aliphatic carbocycles. The van der Waals surface area contributed by atoms with Gasteiger partial charge < -0.3 is 19.5 Å². The maximum absolute atomic E-state index is 6.13. The number of rotatable bonds is 8. The van der Waals surface area contributed by atoms with Crippen LogP contribution in [0.15, 0.2) is 12.1 Å². The van der Waals surface area contributed by atoms with E-state index in [4.69, 9.17) is 25.8 Å². The summed E-state index contributed by atoms with van der Waals surface area (Å²) in [5, 5.41) is 3.95. The quantitative estimate of drug-likeness (QED) is 0.798. The van der Waals surface area contributed by atoms with Gasteiger partial charge in [-0.25, -0.2) is 0 Å². The molecule has 1 aliphatic heterocycles. The maximum Gasteiger partial charge on any atom is 0.165 e. The summed E-state index contributed by atoms with van der Waals surface area (Å²) in [6, 6.07) is 3.71. The minimum Gasteiger partial charge on any atom is -0.493 e. The first-order valence-corrected chi connectivity index (χ1v) is 7.94. The summed E-state index contributed by atoms with van der Waals surface area (Å²) in [6.07, 6.45) is 3.53. The molecule has 4 nitrogen and oxygen atoms in total. The number of ether oxygens (including phenoxy) is 3. The van der Waals surface area contributed by atoms with E-state index in [1.165, 1.54) is 0 Å². The van der Waals surface area contributed by atoms with Crippen molar-refractivity contribution >= 4 is 11.6 Å². The number of hydrogen-bond donors (Lipinski definition) is 1.